The van der Waals surface area contributed by atoms with Gasteiger partial charge in [0, 0.05) is 5.54 Å². The van der Waals surface area contributed by atoms with Gasteiger partial charge in [0.15, 0.2) is 0 Å². The summed E-state index contributed by atoms with van der Waals surface area (Å²) in [6.07, 6.45) is 2.31. The number of nitrogens with one attached hydrogen (secondary N) is 1. The van der Waals surface area contributed by atoms with Crippen LogP contribution < -0.4 is 5.32 Å². The Labute approximate surface area is 114 Å². The predicted octanol–water partition coefficient (Wildman–Crippen LogP) is 2.41. The van der Waals surface area contributed by atoms with E-state index in [0.29, 0.717) is 17.9 Å². The van der Waals surface area contributed by atoms with E-state index in [9.17, 15) is 9.59 Å². The van der Waals surface area contributed by atoms with Crippen LogP contribution in [-0.4, -0.2) is 30.8 Å². The molecule has 0 radical (unpaired) electrons. The van der Waals surface area contributed by atoms with Crippen LogP contribution in [0.15, 0.2) is 11.6 Å². The van der Waals surface area contributed by atoms with Crippen LogP contribution in [0.25, 0.3) is 0 Å². The summed E-state index contributed by atoms with van der Waals surface area (Å²) < 4.78 is 10.1. The maximum Gasteiger partial charge on any atom is 0.408 e. The monoisotopic (exact) mass is 269 g/mol. The molecule has 2 atom stereocenters. The summed E-state index contributed by atoms with van der Waals surface area (Å²) in [5, 5.41) is 2.71. The van der Waals surface area contributed by atoms with Gasteiger partial charge >= 0.3 is 12.1 Å². The molecule has 0 saturated heterocycles. The lowest BCUT2D eigenvalue weighted by atomic mass is 9.89. The van der Waals surface area contributed by atoms with Crippen LogP contribution in [0.5, 0.6) is 0 Å². The van der Waals surface area contributed by atoms with Gasteiger partial charge < -0.3 is 14.8 Å². The van der Waals surface area contributed by atoms with Crippen molar-refractivity contribution < 1.29 is 19.1 Å². The Balaban J connectivity index is 2.73. The molecule has 0 aromatic carbocycles. The molecule has 1 N–H and O–H groups in total. The number of alkyl carbamates (subject to hydrolysis) is 1. The van der Waals surface area contributed by atoms with Crippen molar-refractivity contribution >= 4 is 12.1 Å². The number of rotatable bonds is 2. The molecule has 5 heteroatoms. The Morgan fingerprint density at radius 2 is 1.95 bits per heavy atom. The zero-order chi connectivity index (χ0) is 14.6. The third-order valence-electron chi connectivity index (χ3n) is 2.84. The Bertz CT molecular complexity index is 381. The second kappa shape index (κ2) is 6.08. The number of methoxy groups -OCH3 is 1. The first-order chi connectivity index (χ1) is 8.73. The molecule has 0 saturated carbocycles. The number of carbonyl (C=O) groups excluding carboxylic acids is 2. The minimum absolute atomic E-state index is 0.291. The third kappa shape index (κ3) is 4.93. The van der Waals surface area contributed by atoms with Crippen LogP contribution in [0.3, 0.4) is 0 Å². The summed E-state index contributed by atoms with van der Waals surface area (Å²) in [5.41, 5.74) is 0.0686. The molecule has 108 valence electrons. The molecular weight excluding hydrogens is 246 g/mol. The minimum Gasteiger partial charge on any atom is -0.466 e. The highest BCUT2D eigenvalue weighted by atomic mass is 16.6. The lowest BCUT2D eigenvalue weighted by molar-refractivity contribution is -0.137. The van der Waals surface area contributed by atoms with Gasteiger partial charge in [-0.3, -0.25) is 0 Å². The molecule has 5 nitrogen and oxygen atoms in total. The molecule has 19 heavy (non-hydrogen) atoms. The van der Waals surface area contributed by atoms with E-state index >= 15 is 0 Å². The smallest absolute Gasteiger partial charge is 0.408 e. The summed E-state index contributed by atoms with van der Waals surface area (Å²) in [5.74, 6) is -0.139. The van der Waals surface area contributed by atoms with E-state index < -0.39 is 18.2 Å². The molecule has 0 spiro atoms. The van der Waals surface area contributed by atoms with E-state index in [-0.39, 0.29) is 5.54 Å². The third-order valence-corrected chi connectivity index (χ3v) is 2.84. The molecule has 0 aromatic rings. The number of esters is 1. The molecule has 1 amide bonds. The van der Waals surface area contributed by atoms with Gasteiger partial charge in [-0.15, -0.1) is 0 Å². The highest BCUT2D eigenvalue weighted by Crippen LogP contribution is 2.26. The predicted molar refractivity (Wildman–Crippen MR) is 71.7 cm³/mol. The quantitative estimate of drug-likeness (QED) is 0.782. The van der Waals surface area contributed by atoms with Crippen molar-refractivity contribution in [3.63, 3.8) is 0 Å². The highest BCUT2D eigenvalue weighted by molar-refractivity contribution is 5.90. The molecule has 1 aliphatic rings. The molecule has 2 unspecified atom stereocenters. The maximum atomic E-state index is 11.8. The normalized spacial score (nSPS) is 23.3. The van der Waals surface area contributed by atoms with E-state index in [0.717, 1.165) is 6.42 Å². The largest absolute Gasteiger partial charge is 0.466 e. The van der Waals surface area contributed by atoms with Crippen LogP contribution in [0, 0.1) is 5.92 Å². The second-order valence-corrected chi connectivity index (χ2v) is 5.94. The topological polar surface area (TPSA) is 64.6 Å². The minimum atomic E-state index is -0.522. The Morgan fingerprint density at radius 3 is 2.47 bits per heavy atom. The molecule has 0 fully saturated rings. The van der Waals surface area contributed by atoms with Crippen LogP contribution >= 0.6 is 0 Å². The number of hydrogen-bond donors (Lipinski definition) is 1. The second-order valence-electron chi connectivity index (χ2n) is 5.94. The Hall–Kier alpha value is -1.52. The summed E-state index contributed by atoms with van der Waals surface area (Å²) in [6.45, 7) is 7.63. The average Bonchev–Trinajstić information content (AvgIpc) is 2.28. The van der Waals surface area contributed by atoms with E-state index in [1.165, 1.54) is 7.11 Å². The van der Waals surface area contributed by atoms with Gasteiger partial charge in [-0.05, 0) is 39.5 Å². The van der Waals surface area contributed by atoms with Crippen molar-refractivity contribution in [3.05, 3.63) is 11.6 Å². The zero-order valence-electron chi connectivity index (χ0n) is 12.3. The van der Waals surface area contributed by atoms with Crippen molar-refractivity contribution in [1.29, 1.82) is 0 Å². The first-order valence-corrected chi connectivity index (χ1v) is 6.51. The van der Waals surface area contributed by atoms with Crippen molar-refractivity contribution in [1.82, 2.24) is 5.32 Å². The first-order valence-electron chi connectivity index (χ1n) is 6.51. The van der Waals surface area contributed by atoms with Gasteiger partial charge in [0.2, 0.25) is 0 Å². The SMILES string of the molecule is COC(=O)C1=CC(C)CCC1OC(=O)NC(C)(C)C. The highest BCUT2D eigenvalue weighted by Gasteiger charge is 2.30. The molecule has 1 aliphatic carbocycles. The Kier molecular flexibility index (Phi) is 4.97. The van der Waals surface area contributed by atoms with E-state index in [2.05, 4.69) is 5.32 Å². The van der Waals surface area contributed by atoms with Crippen LogP contribution in [0.2, 0.25) is 0 Å². The van der Waals surface area contributed by atoms with Gasteiger partial charge in [-0.2, -0.15) is 0 Å². The van der Waals surface area contributed by atoms with Gasteiger partial charge in [-0.1, -0.05) is 13.0 Å². The number of ether oxygens (including phenoxy) is 2. The van der Waals surface area contributed by atoms with Crippen molar-refractivity contribution in [2.75, 3.05) is 7.11 Å². The number of amides is 1. The standard InChI is InChI=1S/C14H23NO4/c1-9-6-7-11(10(8-9)12(16)18-5)19-13(17)15-14(2,3)4/h8-9,11H,6-7H2,1-5H3,(H,15,17). The summed E-state index contributed by atoms with van der Waals surface area (Å²) in [4.78, 5) is 23.4. The maximum absolute atomic E-state index is 11.8. The molecule has 0 heterocycles. The van der Waals surface area contributed by atoms with Crippen molar-refractivity contribution in [2.24, 2.45) is 5.92 Å². The zero-order valence-corrected chi connectivity index (χ0v) is 12.3. The average molecular weight is 269 g/mol. The molecule has 1 rings (SSSR count). The lowest BCUT2D eigenvalue weighted by Gasteiger charge is -2.27. The first kappa shape index (κ1) is 15.5. The number of hydrogen-bond acceptors (Lipinski definition) is 4. The number of carbonyl (C=O) groups is 2. The van der Waals surface area contributed by atoms with Crippen LogP contribution in [-0.2, 0) is 14.3 Å². The fourth-order valence-corrected chi connectivity index (χ4v) is 1.97. The van der Waals surface area contributed by atoms with Crippen molar-refractivity contribution in [2.45, 2.75) is 52.2 Å². The van der Waals surface area contributed by atoms with Crippen molar-refractivity contribution in [3.8, 4) is 0 Å². The summed E-state index contributed by atoms with van der Waals surface area (Å²) in [7, 11) is 1.33. The van der Waals surface area contributed by atoms with Gasteiger partial charge in [0.05, 0.1) is 12.7 Å². The summed E-state index contributed by atoms with van der Waals surface area (Å²) >= 11 is 0. The van der Waals surface area contributed by atoms with Crippen LogP contribution in [0.1, 0.15) is 40.5 Å². The van der Waals surface area contributed by atoms with E-state index in [1.54, 1.807) is 0 Å². The fourth-order valence-electron chi connectivity index (χ4n) is 1.97. The van der Waals surface area contributed by atoms with Gasteiger partial charge in [0.1, 0.15) is 6.10 Å². The summed E-state index contributed by atoms with van der Waals surface area (Å²) in [6, 6.07) is 0. The molecule has 0 aliphatic heterocycles. The van der Waals surface area contributed by atoms with Gasteiger partial charge in [-0.25, -0.2) is 9.59 Å². The molecule has 0 aromatic heterocycles. The van der Waals surface area contributed by atoms with E-state index in [1.807, 2.05) is 33.8 Å². The van der Waals surface area contributed by atoms with Gasteiger partial charge in [0.25, 0.3) is 0 Å². The fraction of sp³-hybridized carbons (Fsp3) is 0.714. The van der Waals surface area contributed by atoms with Crippen LogP contribution in [0.4, 0.5) is 4.79 Å². The van der Waals surface area contributed by atoms with E-state index in [4.69, 9.17) is 9.47 Å². The molecular formula is C14H23NO4. The lowest BCUT2D eigenvalue weighted by Crippen LogP contribution is -2.43. The Morgan fingerprint density at radius 1 is 1.32 bits per heavy atom. The number of allylic oxidation sites excluding steroid dienone is 1. The molecule has 0 bridgehead atoms.